The van der Waals surface area contributed by atoms with Crippen molar-refractivity contribution in [2.24, 2.45) is 0 Å². The summed E-state index contributed by atoms with van der Waals surface area (Å²) in [6, 6.07) is 9.39. The van der Waals surface area contributed by atoms with E-state index in [1.807, 2.05) is 25.4 Å². The number of halogens is 2. The van der Waals surface area contributed by atoms with Crippen LogP contribution in [0.15, 0.2) is 47.2 Å². The van der Waals surface area contributed by atoms with E-state index in [-0.39, 0.29) is 11.9 Å². The van der Waals surface area contributed by atoms with Crippen LogP contribution in [0.3, 0.4) is 0 Å². The molecular weight excluding hydrogens is 307 g/mol. The van der Waals surface area contributed by atoms with Crippen LogP contribution in [0.4, 0.5) is 4.39 Å². The van der Waals surface area contributed by atoms with Gasteiger partial charge in [-0.25, -0.2) is 4.39 Å². The second kappa shape index (κ2) is 6.78. The van der Waals surface area contributed by atoms with Crippen LogP contribution in [0.25, 0.3) is 0 Å². The molecule has 0 saturated carbocycles. The van der Waals surface area contributed by atoms with Gasteiger partial charge in [0.1, 0.15) is 5.82 Å². The molecule has 0 radical (unpaired) electrons. The van der Waals surface area contributed by atoms with Crippen LogP contribution in [0.5, 0.6) is 0 Å². The van der Waals surface area contributed by atoms with Gasteiger partial charge in [-0.1, -0.05) is 18.2 Å². The fourth-order valence-corrected chi connectivity index (χ4v) is 2.48. The van der Waals surface area contributed by atoms with Gasteiger partial charge in [0, 0.05) is 18.4 Å². The number of pyridine rings is 1. The highest BCUT2D eigenvalue weighted by atomic mass is 79.9. The lowest BCUT2D eigenvalue weighted by Gasteiger charge is -2.17. The van der Waals surface area contributed by atoms with Crippen molar-refractivity contribution in [2.45, 2.75) is 18.9 Å². The van der Waals surface area contributed by atoms with Crippen molar-refractivity contribution in [3.05, 3.63) is 64.1 Å². The first kappa shape index (κ1) is 14.2. The Bertz CT molecular complexity index is 531. The van der Waals surface area contributed by atoms with Gasteiger partial charge in [0.2, 0.25) is 0 Å². The zero-order valence-electron chi connectivity index (χ0n) is 10.7. The van der Waals surface area contributed by atoms with Gasteiger partial charge in [-0.2, -0.15) is 0 Å². The van der Waals surface area contributed by atoms with Crippen molar-refractivity contribution in [3.63, 3.8) is 0 Å². The molecule has 1 N–H and O–H groups in total. The van der Waals surface area contributed by atoms with E-state index in [1.54, 1.807) is 12.3 Å². The molecule has 2 nitrogen and oxygen atoms in total. The summed E-state index contributed by atoms with van der Waals surface area (Å²) in [5, 5.41) is 3.27. The zero-order valence-corrected chi connectivity index (χ0v) is 12.3. The minimum atomic E-state index is -0.214. The van der Waals surface area contributed by atoms with Gasteiger partial charge in [0.15, 0.2) is 0 Å². The first-order chi connectivity index (χ1) is 9.20. The van der Waals surface area contributed by atoms with Crippen LogP contribution in [0.2, 0.25) is 0 Å². The largest absolute Gasteiger partial charge is 0.316 e. The quantitative estimate of drug-likeness (QED) is 0.913. The third kappa shape index (κ3) is 3.85. The van der Waals surface area contributed by atoms with E-state index in [9.17, 15) is 4.39 Å². The first-order valence-electron chi connectivity index (χ1n) is 6.19. The smallest absolute Gasteiger partial charge is 0.137 e. The molecule has 0 aliphatic rings. The first-order valence-corrected chi connectivity index (χ1v) is 6.99. The van der Waals surface area contributed by atoms with Crippen LogP contribution in [-0.4, -0.2) is 18.1 Å². The lowest BCUT2D eigenvalue weighted by atomic mass is 10.00. The highest BCUT2D eigenvalue weighted by Crippen LogP contribution is 2.22. The van der Waals surface area contributed by atoms with E-state index in [0.717, 1.165) is 18.4 Å². The number of hydrogen-bond donors (Lipinski definition) is 1. The third-order valence-electron chi connectivity index (χ3n) is 3.11. The van der Waals surface area contributed by atoms with Gasteiger partial charge in [-0.3, -0.25) is 4.98 Å². The third-order valence-corrected chi connectivity index (χ3v) is 4.00. The Morgan fingerprint density at radius 1 is 1.26 bits per heavy atom. The second-order valence-electron chi connectivity index (χ2n) is 4.47. The number of aromatic nitrogens is 1. The van der Waals surface area contributed by atoms with E-state index in [2.05, 4.69) is 32.3 Å². The Hall–Kier alpha value is -1.26. The van der Waals surface area contributed by atoms with Gasteiger partial charge in [-0.15, -0.1) is 0 Å². The van der Waals surface area contributed by atoms with E-state index >= 15 is 0 Å². The number of benzene rings is 1. The maximum atomic E-state index is 13.5. The molecule has 0 spiro atoms. The molecule has 0 saturated heterocycles. The number of hydrogen-bond acceptors (Lipinski definition) is 2. The number of rotatable bonds is 5. The topological polar surface area (TPSA) is 24.9 Å². The van der Waals surface area contributed by atoms with Crippen LogP contribution < -0.4 is 5.32 Å². The van der Waals surface area contributed by atoms with Crippen LogP contribution in [-0.2, 0) is 12.8 Å². The van der Waals surface area contributed by atoms with Crippen molar-refractivity contribution in [1.82, 2.24) is 10.3 Å². The minimum absolute atomic E-state index is 0.214. The highest BCUT2D eigenvalue weighted by Gasteiger charge is 2.12. The Kier molecular flexibility index (Phi) is 5.05. The molecule has 4 heteroatoms. The summed E-state index contributed by atoms with van der Waals surface area (Å²) in [6.45, 7) is 0. The summed E-state index contributed by atoms with van der Waals surface area (Å²) in [4.78, 5) is 4.11. The molecule has 1 atom stereocenters. The molecule has 2 rings (SSSR count). The monoisotopic (exact) mass is 322 g/mol. The molecule has 0 amide bonds. The molecule has 0 aliphatic carbocycles. The van der Waals surface area contributed by atoms with Crippen molar-refractivity contribution >= 4 is 15.9 Å². The van der Waals surface area contributed by atoms with E-state index < -0.39 is 0 Å². The number of likely N-dealkylation sites (N-methyl/N-ethyl adjacent to an activating group) is 1. The summed E-state index contributed by atoms with van der Waals surface area (Å²) in [6.07, 6.45) is 5.27. The Morgan fingerprint density at radius 3 is 2.79 bits per heavy atom. The van der Waals surface area contributed by atoms with Crippen molar-refractivity contribution < 1.29 is 4.39 Å². The van der Waals surface area contributed by atoms with Gasteiger partial charge < -0.3 is 5.32 Å². The van der Waals surface area contributed by atoms with Crippen LogP contribution in [0.1, 0.15) is 11.1 Å². The predicted molar refractivity (Wildman–Crippen MR) is 78.6 cm³/mol. The molecule has 0 bridgehead atoms. The molecule has 1 heterocycles. The van der Waals surface area contributed by atoms with Gasteiger partial charge in [0.05, 0.1) is 4.47 Å². The van der Waals surface area contributed by atoms with Gasteiger partial charge >= 0.3 is 0 Å². The summed E-state index contributed by atoms with van der Waals surface area (Å²) in [5.41, 5.74) is 2.15. The molecule has 1 unspecified atom stereocenters. The Morgan fingerprint density at radius 2 is 2.11 bits per heavy atom. The highest BCUT2D eigenvalue weighted by molar-refractivity contribution is 9.10. The summed E-state index contributed by atoms with van der Waals surface area (Å²) < 4.78 is 14.0. The molecular formula is C15H16BrFN2. The zero-order chi connectivity index (χ0) is 13.7. The Balaban J connectivity index is 2.09. The minimum Gasteiger partial charge on any atom is -0.316 e. The second-order valence-corrected chi connectivity index (χ2v) is 5.26. The lowest BCUT2D eigenvalue weighted by Crippen LogP contribution is -2.30. The number of nitrogens with one attached hydrogen (secondary N) is 1. The van der Waals surface area contributed by atoms with Crippen molar-refractivity contribution in [3.8, 4) is 0 Å². The molecule has 0 fully saturated rings. The van der Waals surface area contributed by atoms with E-state index in [1.165, 1.54) is 11.6 Å². The summed E-state index contributed by atoms with van der Waals surface area (Å²) in [7, 11) is 1.92. The SMILES string of the molecule is CNC(Cc1cccnc1)Cc1cccc(F)c1Br. The fourth-order valence-electron chi connectivity index (χ4n) is 2.05. The lowest BCUT2D eigenvalue weighted by molar-refractivity contribution is 0.550. The van der Waals surface area contributed by atoms with E-state index in [0.29, 0.717) is 4.47 Å². The summed E-state index contributed by atoms with van der Waals surface area (Å²) in [5.74, 6) is -0.214. The van der Waals surface area contributed by atoms with Crippen molar-refractivity contribution in [1.29, 1.82) is 0 Å². The molecule has 0 aliphatic heterocycles. The molecule has 100 valence electrons. The van der Waals surface area contributed by atoms with Gasteiger partial charge in [0.25, 0.3) is 0 Å². The molecule has 1 aromatic carbocycles. The summed E-state index contributed by atoms with van der Waals surface area (Å²) >= 11 is 3.31. The molecule has 1 aromatic heterocycles. The average Bonchev–Trinajstić information content (AvgIpc) is 2.44. The molecule has 19 heavy (non-hydrogen) atoms. The van der Waals surface area contributed by atoms with Gasteiger partial charge in [-0.05, 0) is 59.1 Å². The molecule has 2 aromatic rings. The van der Waals surface area contributed by atoms with E-state index in [4.69, 9.17) is 0 Å². The fraction of sp³-hybridized carbons (Fsp3) is 0.267. The normalized spacial score (nSPS) is 12.4. The Labute approximate surface area is 121 Å². The van der Waals surface area contributed by atoms with Crippen LogP contribution >= 0.6 is 15.9 Å². The maximum Gasteiger partial charge on any atom is 0.137 e. The standard InChI is InChI=1S/C15H16BrFN2/c1-18-13(8-11-4-3-7-19-10-11)9-12-5-2-6-14(17)15(12)16/h2-7,10,13,18H,8-9H2,1H3. The number of nitrogens with zero attached hydrogens (tertiary/aromatic N) is 1. The maximum absolute atomic E-state index is 13.5. The predicted octanol–water partition coefficient (Wildman–Crippen LogP) is 3.36. The average molecular weight is 323 g/mol. The van der Waals surface area contributed by atoms with Crippen molar-refractivity contribution in [2.75, 3.05) is 7.05 Å². The van der Waals surface area contributed by atoms with Crippen LogP contribution in [0, 0.1) is 5.82 Å².